The van der Waals surface area contributed by atoms with E-state index in [2.05, 4.69) is 17.4 Å². The average Bonchev–Trinajstić information content (AvgIpc) is 2.31. The first-order chi connectivity index (χ1) is 7.38. The van der Waals surface area contributed by atoms with Crippen molar-refractivity contribution in [1.82, 2.24) is 5.32 Å². The third kappa shape index (κ3) is 3.05. The Kier molecular flexibility index (Phi) is 3.75. The molecule has 0 bridgehead atoms. The van der Waals surface area contributed by atoms with Gasteiger partial charge in [-0.25, -0.2) is 0 Å². The zero-order valence-corrected chi connectivity index (χ0v) is 9.08. The molecule has 0 aromatic heterocycles. The molecule has 0 saturated carbocycles. The molecule has 1 aliphatic rings. The topological polar surface area (TPSA) is 32.3 Å². The first-order valence-corrected chi connectivity index (χ1v) is 5.78. The number of hydrogen-bond donors (Lipinski definition) is 2. The molecule has 2 N–H and O–H groups in total. The number of aliphatic hydroxyl groups is 1. The second kappa shape index (κ2) is 5.29. The fourth-order valence-corrected chi connectivity index (χ4v) is 2.21. The maximum absolute atomic E-state index is 8.94. The largest absolute Gasteiger partial charge is 0.392 e. The van der Waals surface area contributed by atoms with Crippen LogP contribution < -0.4 is 5.32 Å². The maximum atomic E-state index is 8.94. The van der Waals surface area contributed by atoms with E-state index in [1.165, 1.54) is 31.4 Å². The minimum Gasteiger partial charge on any atom is -0.392 e. The molecule has 0 spiro atoms. The normalized spacial score (nSPS) is 21.5. The van der Waals surface area contributed by atoms with Gasteiger partial charge in [0.15, 0.2) is 0 Å². The van der Waals surface area contributed by atoms with Crippen molar-refractivity contribution in [2.75, 3.05) is 13.1 Å². The van der Waals surface area contributed by atoms with Gasteiger partial charge in [-0.05, 0) is 49.4 Å². The molecule has 1 saturated heterocycles. The summed E-state index contributed by atoms with van der Waals surface area (Å²) in [7, 11) is 0. The molecule has 1 fully saturated rings. The molecule has 0 amide bonds. The molecule has 1 aliphatic heterocycles. The molecule has 1 unspecified atom stereocenters. The van der Waals surface area contributed by atoms with Gasteiger partial charge in [0.2, 0.25) is 0 Å². The highest BCUT2D eigenvalue weighted by molar-refractivity contribution is 5.22. The van der Waals surface area contributed by atoms with E-state index in [9.17, 15) is 0 Å². The third-order valence-electron chi connectivity index (χ3n) is 3.13. The van der Waals surface area contributed by atoms with Crippen molar-refractivity contribution in [2.45, 2.75) is 25.9 Å². The summed E-state index contributed by atoms with van der Waals surface area (Å²) in [5.41, 5.74) is 2.39. The van der Waals surface area contributed by atoms with Crippen LogP contribution in [-0.4, -0.2) is 18.2 Å². The lowest BCUT2D eigenvalue weighted by Gasteiger charge is -2.22. The zero-order valence-electron chi connectivity index (χ0n) is 9.08. The fraction of sp³-hybridized carbons (Fsp3) is 0.538. The summed E-state index contributed by atoms with van der Waals surface area (Å²) < 4.78 is 0. The zero-order chi connectivity index (χ0) is 10.5. The van der Waals surface area contributed by atoms with Crippen LogP contribution in [0.3, 0.4) is 0 Å². The molecule has 1 heterocycles. The number of nitrogens with one attached hydrogen (secondary N) is 1. The summed E-state index contributed by atoms with van der Waals surface area (Å²) in [5, 5.41) is 12.4. The highest BCUT2D eigenvalue weighted by Gasteiger charge is 2.12. The molecule has 15 heavy (non-hydrogen) atoms. The van der Waals surface area contributed by atoms with E-state index < -0.39 is 0 Å². The molecule has 2 rings (SSSR count). The predicted octanol–water partition coefficient (Wildman–Crippen LogP) is 1.72. The second-order valence-electron chi connectivity index (χ2n) is 4.39. The van der Waals surface area contributed by atoms with Crippen LogP contribution in [0.1, 0.15) is 24.0 Å². The van der Waals surface area contributed by atoms with Gasteiger partial charge in [0.1, 0.15) is 0 Å². The molecule has 82 valence electrons. The fourth-order valence-electron chi connectivity index (χ4n) is 2.21. The molecule has 1 aromatic rings. The predicted molar refractivity (Wildman–Crippen MR) is 61.7 cm³/mol. The molecule has 1 atom stereocenters. The summed E-state index contributed by atoms with van der Waals surface area (Å²) in [6.45, 7) is 2.48. The molecular weight excluding hydrogens is 186 g/mol. The van der Waals surface area contributed by atoms with Crippen LogP contribution in [0.2, 0.25) is 0 Å². The van der Waals surface area contributed by atoms with E-state index in [4.69, 9.17) is 5.11 Å². The molecule has 0 aliphatic carbocycles. The number of rotatable bonds is 3. The molecular formula is C13H19NO. The van der Waals surface area contributed by atoms with Crippen LogP contribution in [0.5, 0.6) is 0 Å². The number of aliphatic hydroxyl groups excluding tert-OH is 1. The van der Waals surface area contributed by atoms with Gasteiger partial charge in [-0.1, -0.05) is 24.3 Å². The van der Waals surface area contributed by atoms with Gasteiger partial charge in [-0.3, -0.25) is 0 Å². The Bertz CT molecular complexity index is 288. The maximum Gasteiger partial charge on any atom is 0.0681 e. The summed E-state index contributed by atoms with van der Waals surface area (Å²) in [6, 6.07) is 8.32. The quantitative estimate of drug-likeness (QED) is 0.787. The third-order valence-corrected chi connectivity index (χ3v) is 3.13. The van der Waals surface area contributed by atoms with Gasteiger partial charge in [0.05, 0.1) is 6.61 Å². The van der Waals surface area contributed by atoms with E-state index >= 15 is 0 Å². The van der Waals surface area contributed by atoms with Gasteiger partial charge in [-0.15, -0.1) is 0 Å². The van der Waals surface area contributed by atoms with Gasteiger partial charge in [0, 0.05) is 0 Å². The summed E-state index contributed by atoms with van der Waals surface area (Å²) in [6.07, 6.45) is 3.81. The van der Waals surface area contributed by atoms with Crippen LogP contribution in [0.4, 0.5) is 0 Å². The lowest BCUT2D eigenvalue weighted by molar-refractivity contribution is 0.282. The average molecular weight is 205 g/mol. The molecule has 2 heteroatoms. The Balaban J connectivity index is 1.91. The summed E-state index contributed by atoms with van der Waals surface area (Å²) >= 11 is 0. The van der Waals surface area contributed by atoms with Crippen molar-refractivity contribution < 1.29 is 5.11 Å². The van der Waals surface area contributed by atoms with Gasteiger partial charge >= 0.3 is 0 Å². The van der Waals surface area contributed by atoms with E-state index in [1.54, 1.807) is 0 Å². The van der Waals surface area contributed by atoms with Crippen molar-refractivity contribution in [2.24, 2.45) is 5.92 Å². The van der Waals surface area contributed by atoms with Crippen molar-refractivity contribution in [3.05, 3.63) is 35.4 Å². The number of piperidine rings is 1. The van der Waals surface area contributed by atoms with Crippen LogP contribution >= 0.6 is 0 Å². The van der Waals surface area contributed by atoms with E-state index in [0.29, 0.717) is 0 Å². The molecule has 2 nitrogen and oxygen atoms in total. The van der Waals surface area contributed by atoms with Gasteiger partial charge in [-0.2, -0.15) is 0 Å². The SMILES string of the molecule is OCc1ccc(CC2CCCNC2)cc1. The van der Waals surface area contributed by atoms with Crippen LogP contribution in [0, 0.1) is 5.92 Å². The monoisotopic (exact) mass is 205 g/mol. The molecule has 1 aromatic carbocycles. The summed E-state index contributed by atoms with van der Waals surface area (Å²) in [5.74, 6) is 0.790. The van der Waals surface area contributed by atoms with Crippen LogP contribution in [0.15, 0.2) is 24.3 Å². The highest BCUT2D eigenvalue weighted by atomic mass is 16.3. The van der Waals surface area contributed by atoms with Gasteiger partial charge < -0.3 is 10.4 Å². The first-order valence-electron chi connectivity index (χ1n) is 5.78. The van der Waals surface area contributed by atoms with Crippen molar-refractivity contribution in [3.63, 3.8) is 0 Å². The lowest BCUT2D eigenvalue weighted by atomic mass is 9.92. The van der Waals surface area contributed by atoms with Crippen molar-refractivity contribution in [3.8, 4) is 0 Å². The lowest BCUT2D eigenvalue weighted by Crippen LogP contribution is -2.30. The highest BCUT2D eigenvalue weighted by Crippen LogP contribution is 2.16. The van der Waals surface area contributed by atoms with Crippen molar-refractivity contribution in [1.29, 1.82) is 0 Å². The number of hydrogen-bond acceptors (Lipinski definition) is 2. The minimum atomic E-state index is 0.144. The van der Waals surface area contributed by atoms with E-state index in [1.807, 2.05) is 12.1 Å². The first kappa shape index (κ1) is 10.7. The smallest absolute Gasteiger partial charge is 0.0681 e. The van der Waals surface area contributed by atoms with Crippen LogP contribution in [-0.2, 0) is 13.0 Å². The van der Waals surface area contributed by atoms with Gasteiger partial charge in [0.25, 0.3) is 0 Å². The molecule has 0 radical (unpaired) electrons. The number of benzene rings is 1. The Labute approximate surface area is 91.3 Å². The standard InChI is InChI=1S/C13H19NO/c15-10-12-5-3-11(4-6-12)8-13-2-1-7-14-9-13/h3-6,13-15H,1-2,7-10H2. The van der Waals surface area contributed by atoms with Crippen LogP contribution in [0.25, 0.3) is 0 Å². The Morgan fingerprint density at radius 2 is 1.93 bits per heavy atom. The Morgan fingerprint density at radius 1 is 1.20 bits per heavy atom. The Hall–Kier alpha value is -0.860. The van der Waals surface area contributed by atoms with Crippen molar-refractivity contribution >= 4 is 0 Å². The van der Waals surface area contributed by atoms with E-state index in [-0.39, 0.29) is 6.61 Å². The Morgan fingerprint density at radius 3 is 2.53 bits per heavy atom. The van der Waals surface area contributed by atoms with E-state index in [0.717, 1.165) is 18.0 Å². The second-order valence-corrected chi connectivity index (χ2v) is 4.39. The minimum absolute atomic E-state index is 0.144. The summed E-state index contributed by atoms with van der Waals surface area (Å²) in [4.78, 5) is 0.